The summed E-state index contributed by atoms with van der Waals surface area (Å²) < 4.78 is 0.788. The van der Waals surface area contributed by atoms with Gasteiger partial charge in [-0.2, -0.15) is 0 Å². The van der Waals surface area contributed by atoms with Gasteiger partial charge >= 0.3 is 0 Å². The maximum atomic E-state index is 3.84. The molecule has 0 amide bonds. The van der Waals surface area contributed by atoms with Gasteiger partial charge in [-0.05, 0) is 22.9 Å². The molecule has 0 radical (unpaired) electrons. The standard InChI is InChI=1S/C6H8BrN/c1-3-4-8-5-6(2)7/h3-5H,2H2,1H3/b4-3-,8-5?. The Morgan fingerprint density at radius 1 is 1.75 bits per heavy atom. The van der Waals surface area contributed by atoms with Crippen LogP contribution in [0.1, 0.15) is 6.92 Å². The summed E-state index contributed by atoms with van der Waals surface area (Å²) in [5, 5.41) is 0. The molecule has 0 saturated carbocycles. The average molecular weight is 174 g/mol. The molecule has 0 fully saturated rings. The lowest BCUT2D eigenvalue weighted by atomic mass is 10.7. The minimum absolute atomic E-state index is 0.788. The van der Waals surface area contributed by atoms with E-state index in [1.54, 1.807) is 12.4 Å². The van der Waals surface area contributed by atoms with E-state index in [9.17, 15) is 0 Å². The summed E-state index contributed by atoms with van der Waals surface area (Å²) in [7, 11) is 0. The van der Waals surface area contributed by atoms with Crippen LogP contribution in [-0.2, 0) is 0 Å². The highest BCUT2D eigenvalue weighted by Crippen LogP contribution is 1.94. The van der Waals surface area contributed by atoms with Crippen molar-refractivity contribution in [2.75, 3.05) is 0 Å². The van der Waals surface area contributed by atoms with Crippen LogP contribution in [0.25, 0.3) is 0 Å². The molecule has 0 aromatic rings. The molecule has 0 heterocycles. The average Bonchev–Trinajstić information content (AvgIpc) is 1.66. The molecule has 8 heavy (non-hydrogen) atoms. The van der Waals surface area contributed by atoms with Crippen molar-refractivity contribution >= 4 is 22.1 Å². The molecule has 2 heteroatoms. The van der Waals surface area contributed by atoms with Gasteiger partial charge in [0.15, 0.2) is 0 Å². The quantitative estimate of drug-likeness (QED) is 0.570. The van der Waals surface area contributed by atoms with E-state index in [1.807, 2.05) is 13.0 Å². The van der Waals surface area contributed by atoms with E-state index in [0.717, 1.165) is 4.48 Å². The highest BCUT2D eigenvalue weighted by molar-refractivity contribution is 9.12. The van der Waals surface area contributed by atoms with Crippen LogP contribution in [0.3, 0.4) is 0 Å². The second-order valence-corrected chi connectivity index (χ2v) is 2.23. The van der Waals surface area contributed by atoms with Gasteiger partial charge in [0.2, 0.25) is 0 Å². The highest BCUT2D eigenvalue weighted by Gasteiger charge is 1.70. The summed E-state index contributed by atoms with van der Waals surface area (Å²) in [5.74, 6) is 0. The number of rotatable bonds is 2. The Bertz CT molecular complexity index is 124. The Kier molecular flexibility index (Phi) is 4.56. The predicted octanol–water partition coefficient (Wildman–Crippen LogP) is 2.50. The summed E-state index contributed by atoms with van der Waals surface area (Å²) in [6.45, 7) is 5.47. The van der Waals surface area contributed by atoms with Gasteiger partial charge in [0.25, 0.3) is 0 Å². The molecule has 0 aliphatic heterocycles. The normalized spacial score (nSPS) is 11.2. The summed E-state index contributed by atoms with van der Waals surface area (Å²) in [6, 6.07) is 0. The Morgan fingerprint density at radius 3 is 2.75 bits per heavy atom. The van der Waals surface area contributed by atoms with Gasteiger partial charge in [-0.25, -0.2) is 0 Å². The van der Waals surface area contributed by atoms with Crippen molar-refractivity contribution in [2.45, 2.75) is 6.92 Å². The van der Waals surface area contributed by atoms with Gasteiger partial charge in [-0.3, -0.25) is 4.99 Å². The zero-order chi connectivity index (χ0) is 6.41. The molecule has 44 valence electrons. The van der Waals surface area contributed by atoms with E-state index in [1.165, 1.54) is 0 Å². The first-order valence-corrected chi connectivity index (χ1v) is 3.05. The molecular weight excluding hydrogens is 166 g/mol. The molecule has 0 rings (SSSR count). The predicted molar refractivity (Wildman–Crippen MR) is 41.4 cm³/mol. The first kappa shape index (κ1) is 7.63. The van der Waals surface area contributed by atoms with Gasteiger partial charge in [-0.15, -0.1) is 0 Å². The van der Waals surface area contributed by atoms with Crippen molar-refractivity contribution in [3.63, 3.8) is 0 Å². The third-order valence-electron chi connectivity index (χ3n) is 0.450. The van der Waals surface area contributed by atoms with E-state index in [0.29, 0.717) is 0 Å². The number of nitrogens with zero attached hydrogens (tertiary/aromatic N) is 1. The van der Waals surface area contributed by atoms with Crippen molar-refractivity contribution in [1.29, 1.82) is 0 Å². The topological polar surface area (TPSA) is 12.4 Å². The van der Waals surface area contributed by atoms with Crippen LogP contribution in [0.5, 0.6) is 0 Å². The van der Waals surface area contributed by atoms with Gasteiger partial charge in [0, 0.05) is 16.9 Å². The van der Waals surface area contributed by atoms with Crippen molar-refractivity contribution in [3.8, 4) is 0 Å². The molecule has 0 unspecified atom stereocenters. The lowest BCUT2D eigenvalue weighted by Crippen LogP contribution is -1.63. The van der Waals surface area contributed by atoms with Crippen molar-refractivity contribution in [1.82, 2.24) is 0 Å². The van der Waals surface area contributed by atoms with Gasteiger partial charge in [0.05, 0.1) is 0 Å². The van der Waals surface area contributed by atoms with Crippen LogP contribution in [0.2, 0.25) is 0 Å². The zero-order valence-corrected chi connectivity index (χ0v) is 6.35. The Morgan fingerprint density at radius 2 is 2.38 bits per heavy atom. The minimum atomic E-state index is 0.788. The molecule has 0 aromatic carbocycles. The fourth-order valence-corrected chi connectivity index (χ4v) is 0.328. The van der Waals surface area contributed by atoms with E-state index in [4.69, 9.17) is 0 Å². The third-order valence-corrected chi connectivity index (χ3v) is 0.655. The van der Waals surface area contributed by atoms with E-state index >= 15 is 0 Å². The second-order valence-electron chi connectivity index (χ2n) is 1.21. The largest absolute Gasteiger partial charge is 0.264 e. The second kappa shape index (κ2) is 4.78. The first-order chi connectivity index (χ1) is 3.77. The molecule has 0 saturated heterocycles. The third kappa shape index (κ3) is 5.63. The van der Waals surface area contributed by atoms with Crippen LogP contribution < -0.4 is 0 Å². The van der Waals surface area contributed by atoms with Crippen molar-refractivity contribution in [3.05, 3.63) is 23.3 Å². The smallest absolute Gasteiger partial charge is 0.0403 e. The van der Waals surface area contributed by atoms with E-state index in [-0.39, 0.29) is 0 Å². The first-order valence-electron chi connectivity index (χ1n) is 2.26. The maximum absolute atomic E-state index is 3.84. The molecule has 0 aliphatic carbocycles. The maximum Gasteiger partial charge on any atom is 0.0403 e. The lowest BCUT2D eigenvalue weighted by molar-refractivity contribution is 1.55. The monoisotopic (exact) mass is 173 g/mol. The lowest BCUT2D eigenvalue weighted by Gasteiger charge is -1.75. The van der Waals surface area contributed by atoms with E-state index in [2.05, 4.69) is 27.5 Å². The number of halogens is 1. The van der Waals surface area contributed by atoms with Crippen LogP contribution in [0.4, 0.5) is 0 Å². The molecule has 0 aromatic heterocycles. The highest BCUT2D eigenvalue weighted by atomic mass is 79.9. The van der Waals surface area contributed by atoms with Gasteiger partial charge in [0.1, 0.15) is 0 Å². The molecule has 0 aliphatic rings. The molecule has 0 spiro atoms. The fourth-order valence-electron chi connectivity index (χ4n) is 0.210. The molecule has 0 atom stereocenters. The van der Waals surface area contributed by atoms with Crippen LogP contribution in [0.15, 0.2) is 28.3 Å². The number of aliphatic imine (C=N–C) groups is 1. The zero-order valence-electron chi connectivity index (χ0n) is 4.76. The van der Waals surface area contributed by atoms with Crippen molar-refractivity contribution < 1.29 is 0 Å². The molecular formula is C6H8BrN. The Hall–Kier alpha value is -0.370. The molecule has 0 N–H and O–H groups in total. The van der Waals surface area contributed by atoms with Crippen LogP contribution >= 0.6 is 15.9 Å². The number of hydrogen-bond donors (Lipinski definition) is 0. The van der Waals surface area contributed by atoms with Crippen LogP contribution in [-0.4, -0.2) is 6.21 Å². The summed E-state index contributed by atoms with van der Waals surface area (Å²) >= 11 is 3.13. The molecule has 1 nitrogen and oxygen atoms in total. The number of hydrogen-bond acceptors (Lipinski definition) is 1. The summed E-state index contributed by atoms with van der Waals surface area (Å²) in [4.78, 5) is 3.84. The van der Waals surface area contributed by atoms with Crippen molar-refractivity contribution in [2.24, 2.45) is 4.99 Å². The SMILES string of the molecule is C=C(Br)C=N/C=C\C. The Labute approximate surface area is 57.9 Å². The minimum Gasteiger partial charge on any atom is -0.264 e. The van der Waals surface area contributed by atoms with Crippen LogP contribution in [0, 0.1) is 0 Å². The fraction of sp³-hybridized carbons (Fsp3) is 0.167. The van der Waals surface area contributed by atoms with Gasteiger partial charge in [-0.1, -0.05) is 12.7 Å². The Balaban J connectivity index is 3.50. The molecule has 0 bridgehead atoms. The summed E-state index contributed by atoms with van der Waals surface area (Å²) in [6.07, 6.45) is 5.19. The number of allylic oxidation sites excluding steroid dienone is 2. The summed E-state index contributed by atoms with van der Waals surface area (Å²) in [5.41, 5.74) is 0. The van der Waals surface area contributed by atoms with E-state index < -0.39 is 0 Å². The van der Waals surface area contributed by atoms with Gasteiger partial charge < -0.3 is 0 Å².